The van der Waals surface area contributed by atoms with E-state index in [1.54, 1.807) is 12.1 Å². The van der Waals surface area contributed by atoms with Gasteiger partial charge in [0.1, 0.15) is 0 Å². The van der Waals surface area contributed by atoms with Crippen molar-refractivity contribution in [2.75, 3.05) is 0 Å². The third-order valence-corrected chi connectivity index (χ3v) is 5.48. The van der Waals surface area contributed by atoms with E-state index in [4.69, 9.17) is 0 Å². The number of rotatable bonds is 2. The van der Waals surface area contributed by atoms with Gasteiger partial charge >= 0.3 is 0 Å². The third-order valence-electron chi connectivity index (χ3n) is 5.48. The van der Waals surface area contributed by atoms with Gasteiger partial charge in [-0.25, -0.2) is 0 Å². The molecule has 5 nitrogen and oxygen atoms in total. The molecule has 2 aliphatic carbocycles. The summed E-state index contributed by atoms with van der Waals surface area (Å²) in [5.74, 6) is 11.0. The molecule has 0 radical (unpaired) electrons. The molecule has 5 heteroatoms. The molecule has 0 bridgehead atoms. The van der Waals surface area contributed by atoms with E-state index in [0.29, 0.717) is 11.1 Å². The molecule has 2 aromatic rings. The Bertz CT molecular complexity index is 1440. The van der Waals surface area contributed by atoms with E-state index in [0.717, 1.165) is 16.7 Å². The Morgan fingerprint density at radius 1 is 0.848 bits per heavy atom. The second-order valence-electron chi connectivity index (χ2n) is 7.39. The molecule has 0 fully saturated rings. The quantitative estimate of drug-likeness (QED) is 0.380. The van der Waals surface area contributed by atoms with E-state index in [9.17, 15) is 20.6 Å². The highest BCUT2D eigenvalue weighted by molar-refractivity contribution is 5.83. The first-order valence-corrected chi connectivity index (χ1v) is 10.0. The van der Waals surface area contributed by atoms with Gasteiger partial charge in [-0.15, -0.1) is 0 Å². The zero-order valence-electron chi connectivity index (χ0n) is 17.3. The predicted molar refractivity (Wildman–Crippen MR) is 125 cm³/mol. The number of nitrogens with zero attached hydrogens (tertiary/aromatic N) is 3. The lowest BCUT2D eigenvalue weighted by Crippen LogP contribution is -2.24. The van der Waals surface area contributed by atoms with Crippen LogP contribution >= 0.6 is 0 Å². The Labute approximate surface area is 191 Å². The van der Waals surface area contributed by atoms with Crippen LogP contribution in [0.3, 0.4) is 0 Å². The molecule has 0 heterocycles. The third kappa shape index (κ3) is 4.08. The maximum atomic E-state index is 10.7. The highest BCUT2D eigenvalue weighted by atomic mass is 16.6. The number of non-ortho nitro benzene ring substituents is 1. The summed E-state index contributed by atoms with van der Waals surface area (Å²) in [4.78, 5) is 10.2. The highest BCUT2D eigenvalue weighted by Crippen LogP contribution is 2.51. The first-order chi connectivity index (χ1) is 16.1. The van der Waals surface area contributed by atoms with Crippen LogP contribution in [0.4, 0.5) is 5.69 Å². The fourth-order valence-electron chi connectivity index (χ4n) is 3.80. The molecule has 1 unspecified atom stereocenters. The first kappa shape index (κ1) is 21.1. The molecule has 0 amide bonds. The summed E-state index contributed by atoms with van der Waals surface area (Å²) in [6.45, 7) is 0. The molecular weight excluding hydrogens is 410 g/mol. The van der Waals surface area contributed by atoms with Crippen molar-refractivity contribution in [1.29, 1.82) is 10.5 Å². The van der Waals surface area contributed by atoms with E-state index in [-0.39, 0.29) is 11.6 Å². The van der Waals surface area contributed by atoms with Gasteiger partial charge in [-0.2, -0.15) is 10.5 Å². The molecule has 154 valence electrons. The number of nitriles is 2. The standard InChI is InChI=1S/C28H15N3O2/c29-19-28(20-30)26-9-3-1-2-8-24(26)18-27(28)23-14-10-21(11-15-23)6-4-5-7-22-12-16-25(17-13-22)31(32)33/h1-3,8-18,26H. The van der Waals surface area contributed by atoms with Crippen LogP contribution in [0.5, 0.6) is 0 Å². The van der Waals surface area contributed by atoms with Gasteiger partial charge in [0, 0.05) is 29.2 Å². The molecule has 0 saturated heterocycles. The number of allylic oxidation sites excluding steroid dienone is 8. The van der Waals surface area contributed by atoms with Crippen molar-refractivity contribution >= 4 is 11.3 Å². The van der Waals surface area contributed by atoms with Crippen molar-refractivity contribution in [1.82, 2.24) is 0 Å². The molecule has 0 aromatic heterocycles. The summed E-state index contributed by atoms with van der Waals surface area (Å²) < 4.78 is 0. The minimum atomic E-state index is -1.28. The summed E-state index contributed by atoms with van der Waals surface area (Å²) in [6.07, 6.45) is 11.4. The SMILES string of the molecule is N#CC1(C#N)C(c2ccc(C#CC#Cc3ccc([N+](=O)[O-])cc3)cc2)=CC2=CC=CC=CC21. The van der Waals surface area contributed by atoms with Crippen LogP contribution in [0.15, 0.2) is 90.6 Å². The Hall–Kier alpha value is -5.10. The molecule has 0 aliphatic heterocycles. The normalized spacial score (nSPS) is 16.8. The molecule has 2 aromatic carbocycles. The Morgan fingerprint density at radius 2 is 1.45 bits per heavy atom. The zero-order chi connectivity index (χ0) is 23.3. The van der Waals surface area contributed by atoms with Crippen LogP contribution in [0, 0.1) is 67.8 Å². The topological polar surface area (TPSA) is 90.7 Å². The largest absolute Gasteiger partial charge is 0.269 e. The molecule has 4 rings (SSSR count). The van der Waals surface area contributed by atoms with E-state index in [1.807, 2.05) is 60.7 Å². The van der Waals surface area contributed by atoms with Crippen LogP contribution in [-0.2, 0) is 0 Å². The number of nitro groups is 1. The van der Waals surface area contributed by atoms with Crippen LogP contribution in [0.1, 0.15) is 16.7 Å². The number of nitro benzene ring substituents is 1. The van der Waals surface area contributed by atoms with E-state index >= 15 is 0 Å². The van der Waals surface area contributed by atoms with Crippen molar-refractivity contribution in [2.45, 2.75) is 0 Å². The minimum absolute atomic E-state index is 0.0134. The lowest BCUT2D eigenvalue weighted by Gasteiger charge is -2.23. The average Bonchev–Trinajstić information content (AvgIpc) is 2.97. The lowest BCUT2D eigenvalue weighted by molar-refractivity contribution is -0.384. The summed E-state index contributed by atoms with van der Waals surface area (Å²) in [6, 6.07) is 17.8. The van der Waals surface area contributed by atoms with Gasteiger partial charge in [0.2, 0.25) is 0 Å². The van der Waals surface area contributed by atoms with Gasteiger partial charge in [0.15, 0.2) is 5.41 Å². The zero-order valence-corrected chi connectivity index (χ0v) is 17.3. The molecule has 33 heavy (non-hydrogen) atoms. The van der Waals surface area contributed by atoms with E-state index in [2.05, 4.69) is 35.8 Å². The van der Waals surface area contributed by atoms with Crippen molar-refractivity contribution in [3.8, 4) is 35.8 Å². The Morgan fingerprint density at radius 3 is 2.03 bits per heavy atom. The molecule has 0 N–H and O–H groups in total. The van der Waals surface area contributed by atoms with Crippen LogP contribution in [-0.4, -0.2) is 4.92 Å². The van der Waals surface area contributed by atoms with Crippen LogP contribution < -0.4 is 0 Å². The maximum Gasteiger partial charge on any atom is 0.269 e. The fraction of sp³-hybridized carbons (Fsp3) is 0.0714. The number of fused-ring (bicyclic) bond motifs is 1. The first-order valence-electron chi connectivity index (χ1n) is 10.0. The maximum absolute atomic E-state index is 10.7. The summed E-state index contributed by atoms with van der Waals surface area (Å²) in [5, 5.41) is 30.6. The monoisotopic (exact) mass is 425 g/mol. The predicted octanol–water partition coefficient (Wildman–Crippen LogP) is 5.10. The summed E-state index contributed by atoms with van der Waals surface area (Å²) >= 11 is 0. The summed E-state index contributed by atoms with van der Waals surface area (Å²) in [5.41, 5.74) is 2.53. The van der Waals surface area contributed by atoms with Gasteiger partial charge in [0.05, 0.1) is 17.1 Å². The van der Waals surface area contributed by atoms with Crippen molar-refractivity contribution in [2.24, 2.45) is 11.3 Å². The molecule has 1 atom stereocenters. The van der Waals surface area contributed by atoms with Gasteiger partial charge in [-0.05, 0) is 52.8 Å². The van der Waals surface area contributed by atoms with Gasteiger partial charge in [-0.1, -0.05) is 60.4 Å². The van der Waals surface area contributed by atoms with Crippen LogP contribution in [0.25, 0.3) is 5.57 Å². The van der Waals surface area contributed by atoms with Crippen molar-refractivity contribution in [3.63, 3.8) is 0 Å². The van der Waals surface area contributed by atoms with E-state index < -0.39 is 10.3 Å². The van der Waals surface area contributed by atoms with E-state index in [1.165, 1.54) is 12.1 Å². The van der Waals surface area contributed by atoms with Crippen molar-refractivity contribution < 1.29 is 4.92 Å². The lowest BCUT2D eigenvalue weighted by atomic mass is 9.73. The van der Waals surface area contributed by atoms with Crippen LogP contribution in [0.2, 0.25) is 0 Å². The average molecular weight is 425 g/mol. The fourth-order valence-corrected chi connectivity index (χ4v) is 3.80. The molecule has 0 spiro atoms. The second kappa shape index (κ2) is 8.95. The smallest absolute Gasteiger partial charge is 0.258 e. The Balaban J connectivity index is 1.56. The molecule has 2 aliphatic rings. The number of hydrogen-bond donors (Lipinski definition) is 0. The van der Waals surface area contributed by atoms with Crippen molar-refractivity contribution in [3.05, 3.63) is 117 Å². The minimum Gasteiger partial charge on any atom is -0.258 e. The van der Waals surface area contributed by atoms with Gasteiger partial charge < -0.3 is 0 Å². The molecule has 0 saturated carbocycles. The Kier molecular flexibility index (Phi) is 5.74. The van der Waals surface area contributed by atoms with Gasteiger partial charge in [0.25, 0.3) is 5.69 Å². The number of hydrogen-bond acceptors (Lipinski definition) is 4. The summed E-state index contributed by atoms with van der Waals surface area (Å²) in [7, 11) is 0. The van der Waals surface area contributed by atoms with Gasteiger partial charge in [-0.3, -0.25) is 10.1 Å². The second-order valence-corrected chi connectivity index (χ2v) is 7.39. The highest BCUT2D eigenvalue weighted by Gasteiger charge is 2.48. The molecular formula is C28H15N3O2. The number of benzene rings is 2.